The van der Waals surface area contributed by atoms with Crippen molar-refractivity contribution in [1.82, 2.24) is 9.38 Å². The van der Waals surface area contributed by atoms with E-state index in [-0.39, 0.29) is 18.0 Å². The summed E-state index contributed by atoms with van der Waals surface area (Å²) in [5.74, 6) is 0.690. The van der Waals surface area contributed by atoms with Crippen LogP contribution in [-0.2, 0) is 6.61 Å². The molecule has 0 aliphatic carbocycles. The smallest absolute Gasteiger partial charge is 0.274 e. The Balaban J connectivity index is 1.52. The van der Waals surface area contributed by atoms with Crippen LogP contribution in [0, 0.1) is 5.82 Å². The summed E-state index contributed by atoms with van der Waals surface area (Å²) in [6.45, 7) is 0.190. The maximum Gasteiger partial charge on any atom is 0.274 e. The maximum atomic E-state index is 13.4. The quantitative estimate of drug-likeness (QED) is 0.335. The first-order chi connectivity index (χ1) is 15.5. The normalized spacial score (nSPS) is 12.0. The lowest BCUT2D eigenvalue weighted by molar-refractivity contribution is 0.282. The molecule has 0 bridgehead atoms. The van der Waals surface area contributed by atoms with Gasteiger partial charge in [0, 0.05) is 0 Å². The second-order valence-corrected chi connectivity index (χ2v) is 8.95. The Morgan fingerprint density at radius 3 is 2.81 bits per heavy atom. The fraction of sp³-hybridized carbons (Fsp3) is 0.0833. The number of hydrogen-bond acceptors (Lipinski definition) is 5. The molecule has 2 heterocycles. The van der Waals surface area contributed by atoms with Crippen LogP contribution in [0.1, 0.15) is 11.1 Å². The summed E-state index contributed by atoms with van der Waals surface area (Å²) in [5.41, 5.74) is 2.97. The predicted octanol–water partition coefficient (Wildman–Crippen LogP) is 4.95. The fourth-order valence-corrected chi connectivity index (χ4v) is 5.07. The number of halogens is 2. The van der Waals surface area contributed by atoms with E-state index in [1.165, 1.54) is 23.5 Å². The lowest BCUT2D eigenvalue weighted by Crippen LogP contribution is -2.22. The number of aromatic nitrogens is 2. The van der Waals surface area contributed by atoms with Crippen molar-refractivity contribution in [2.75, 3.05) is 7.11 Å². The number of hydrogen-bond donors (Lipinski definition) is 0. The predicted molar refractivity (Wildman–Crippen MR) is 127 cm³/mol. The molecule has 0 radical (unpaired) electrons. The summed E-state index contributed by atoms with van der Waals surface area (Å²) in [6, 6.07) is 17.5. The summed E-state index contributed by atoms with van der Waals surface area (Å²) in [7, 11) is 1.55. The Labute approximate surface area is 194 Å². The molecule has 5 rings (SSSR count). The summed E-state index contributed by atoms with van der Waals surface area (Å²) in [4.78, 5) is 18.2. The van der Waals surface area contributed by atoms with Gasteiger partial charge in [-0.15, -0.1) is 0 Å². The molecular formula is C24H16BrFN2O3S. The van der Waals surface area contributed by atoms with Crippen molar-refractivity contribution in [3.8, 4) is 11.5 Å². The molecule has 32 heavy (non-hydrogen) atoms. The van der Waals surface area contributed by atoms with Crippen molar-refractivity contribution in [3.63, 3.8) is 0 Å². The Bertz CT molecular complexity index is 1580. The molecule has 0 aliphatic rings. The standard InChI is InChI=1S/C24H16BrFN2O3S/c1-30-20-11-15(10-17(25)22(20)31-13-14-5-4-6-16(26)9-14)12-21-23(29)28-19-8-3-2-7-18(19)27-24(28)32-21/h2-12H,13H2,1H3. The average molecular weight is 511 g/mol. The third-order valence-electron chi connectivity index (χ3n) is 4.97. The number of rotatable bonds is 5. The van der Waals surface area contributed by atoms with Crippen molar-refractivity contribution in [2.45, 2.75) is 6.61 Å². The minimum Gasteiger partial charge on any atom is -0.493 e. The van der Waals surface area contributed by atoms with Crippen LogP contribution >= 0.6 is 27.3 Å². The topological polar surface area (TPSA) is 52.8 Å². The Hall–Kier alpha value is -3.23. The highest BCUT2D eigenvalue weighted by Gasteiger charge is 2.14. The molecule has 0 atom stereocenters. The maximum absolute atomic E-state index is 13.4. The van der Waals surface area contributed by atoms with Crippen molar-refractivity contribution in [2.24, 2.45) is 0 Å². The summed E-state index contributed by atoms with van der Waals surface area (Å²) in [5, 5.41) is 0. The third kappa shape index (κ3) is 3.76. The van der Waals surface area contributed by atoms with Crippen LogP contribution in [0.15, 0.2) is 69.9 Å². The van der Waals surface area contributed by atoms with Crippen LogP contribution < -0.4 is 19.6 Å². The van der Waals surface area contributed by atoms with Gasteiger partial charge in [0.05, 0.1) is 27.1 Å². The molecule has 0 unspecified atom stereocenters. The molecule has 0 aliphatic heterocycles. The largest absolute Gasteiger partial charge is 0.493 e. The lowest BCUT2D eigenvalue weighted by Gasteiger charge is -2.13. The fourth-order valence-electron chi connectivity index (χ4n) is 3.51. The van der Waals surface area contributed by atoms with E-state index < -0.39 is 0 Å². The highest BCUT2D eigenvalue weighted by molar-refractivity contribution is 9.10. The number of imidazole rings is 1. The molecule has 0 spiro atoms. The van der Waals surface area contributed by atoms with E-state index in [2.05, 4.69) is 20.9 Å². The van der Waals surface area contributed by atoms with Crippen molar-refractivity contribution < 1.29 is 13.9 Å². The molecule has 0 amide bonds. The molecule has 3 aromatic carbocycles. The number of fused-ring (bicyclic) bond motifs is 3. The van der Waals surface area contributed by atoms with Gasteiger partial charge in [-0.2, -0.15) is 0 Å². The molecule has 0 fully saturated rings. The highest BCUT2D eigenvalue weighted by atomic mass is 79.9. The SMILES string of the molecule is COc1cc(C=c2sc3nc4ccccc4n3c2=O)cc(Br)c1OCc1cccc(F)c1. The van der Waals surface area contributed by atoms with Gasteiger partial charge in [0.1, 0.15) is 12.4 Å². The minimum atomic E-state index is -0.314. The van der Waals surface area contributed by atoms with Crippen LogP contribution in [0.5, 0.6) is 11.5 Å². The van der Waals surface area contributed by atoms with Crippen molar-refractivity contribution >= 4 is 49.3 Å². The molecule has 160 valence electrons. The minimum absolute atomic E-state index is 0.111. The molecule has 5 aromatic rings. The number of para-hydroxylation sites is 2. The molecule has 2 aromatic heterocycles. The monoisotopic (exact) mass is 510 g/mol. The van der Waals surface area contributed by atoms with E-state index in [0.717, 1.165) is 16.6 Å². The van der Waals surface area contributed by atoms with Crippen LogP contribution in [0.2, 0.25) is 0 Å². The Morgan fingerprint density at radius 1 is 1.16 bits per heavy atom. The van der Waals surface area contributed by atoms with Gasteiger partial charge in [0.2, 0.25) is 0 Å². The van der Waals surface area contributed by atoms with E-state index in [1.54, 1.807) is 35.8 Å². The van der Waals surface area contributed by atoms with Crippen LogP contribution in [0.25, 0.3) is 22.1 Å². The van der Waals surface area contributed by atoms with Crippen LogP contribution in [0.3, 0.4) is 0 Å². The van der Waals surface area contributed by atoms with E-state index in [9.17, 15) is 9.18 Å². The summed E-state index contributed by atoms with van der Waals surface area (Å²) < 4.78 is 27.7. The highest BCUT2D eigenvalue weighted by Crippen LogP contribution is 2.37. The number of ether oxygens (including phenoxy) is 2. The van der Waals surface area contributed by atoms with Gasteiger partial charge >= 0.3 is 0 Å². The van der Waals surface area contributed by atoms with Gasteiger partial charge in [0.15, 0.2) is 16.5 Å². The first-order valence-electron chi connectivity index (χ1n) is 9.70. The van der Waals surface area contributed by atoms with Crippen LogP contribution in [-0.4, -0.2) is 16.5 Å². The zero-order valence-corrected chi connectivity index (χ0v) is 19.2. The van der Waals surface area contributed by atoms with E-state index in [1.807, 2.05) is 30.3 Å². The summed E-state index contributed by atoms with van der Waals surface area (Å²) >= 11 is 4.86. The van der Waals surface area contributed by atoms with E-state index in [4.69, 9.17) is 9.47 Å². The van der Waals surface area contributed by atoms with E-state index >= 15 is 0 Å². The van der Waals surface area contributed by atoms with Gasteiger partial charge < -0.3 is 9.47 Å². The van der Waals surface area contributed by atoms with E-state index in [0.29, 0.717) is 31.0 Å². The molecular weight excluding hydrogens is 495 g/mol. The second kappa shape index (κ2) is 8.37. The van der Waals surface area contributed by atoms with Crippen molar-refractivity contribution in [3.05, 3.63) is 97.0 Å². The number of thiazole rings is 1. The van der Waals surface area contributed by atoms with Gasteiger partial charge in [-0.25, -0.2) is 13.8 Å². The first-order valence-corrected chi connectivity index (χ1v) is 11.3. The first kappa shape index (κ1) is 20.7. The lowest BCUT2D eigenvalue weighted by atomic mass is 10.2. The Kier molecular flexibility index (Phi) is 5.40. The second-order valence-electron chi connectivity index (χ2n) is 7.09. The number of benzene rings is 3. The van der Waals surface area contributed by atoms with Gasteiger partial charge in [-0.1, -0.05) is 35.6 Å². The molecule has 0 saturated carbocycles. The number of nitrogens with zero attached hydrogens (tertiary/aromatic N) is 2. The molecule has 0 saturated heterocycles. The van der Waals surface area contributed by atoms with Crippen LogP contribution in [0.4, 0.5) is 4.39 Å². The molecule has 5 nitrogen and oxygen atoms in total. The van der Waals surface area contributed by atoms with Gasteiger partial charge in [-0.3, -0.25) is 4.79 Å². The molecule has 8 heteroatoms. The van der Waals surface area contributed by atoms with Crippen molar-refractivity contribution in [1.29, 1.82) is 0 Å². The van der Waals surface area contributed by atoms with Gasteiger partial charge in [-0.05, 0) is 69.5 Å². The third-order valence-corrected chi connectivity index (χ3v) is 6.52. The average Bonchev–Trinajstić information content (AvgIpc) is 3.29. The number of methoxy groups -OCH3 is 1. The zero-order chi connectivity index (χ0) is 22.2. The zero-order valence-electron chi connectivity index (χ0n) is 16.8. The van der Waals surface area contributed by atoms with Gasteiger partial charge in [0.25, 0.3) is 5.56 Å². The summed E-state index contributed by atoms with van der Waals surface area (Å²) in [6.07, 6.45) is 1.81. The Morgan fingerprint density at radius 2 is 2.00 bits per heavy atom. The molecule has 0 N–H and O–H groups in total.